The zero-order valence-corrected chi connectivity index (χ0v) is 13.6. The molecule has 0 saturated heterocycles. The van der Waals surface area contributed by atoms with Crippen molar-refractivity contribution in [1.82, 2.24) is 0 Å². The summed E-state index contributed by atoms with van der Waals surface area (Å²) in [5.74, 6) is 0. The minimum atomic E-state index is -3.29. The summed E-state index contributed by atoms with van der Waals surface area (Å²) >= 11 is 0. The van der Waals surface area contributed by atoms with Gasteiger partial charge in [0.15, 0.2) is 9.84 Å². The second-order valence-electron chi connectivity index (χ2n) is 5.84. The van der Waals surface area contributed by atoms with E-state index in [1.54, 1.807) is 12.1 Å². The molecule has 0 aromatic heterocycles. The minimum absolute atomic E-state index is 0.345. The van der Waals surface area contributed by atoms with Crippen LogP contribution in [0.25, 0.3) is 0 Å². The Labute approximate surface area is 112 Å². The molecule has 1 aromatic rings. The monoisotopic (exact) mass is 282 g/mol. The van der Waals surface area contributed by atoms with Crippen LogP contribution in [0.2, 0.25) is 25.2 Å². The first-order valence-corrected chi connectivity index (χ1v) is 11.3. The van der Waals surface area contributed by atoms with E-state index in [1.807, 2.05) is 25.1 Å². The maximum atomic E-state index is 12.1. The van der Waals surface area contributed by atoms with E-state index >= 15 is 0 Å². The van der Waals surface area contributed by atoms with Gasteiger partial charge in [0.1, 0.15) is 0 Å². The van der Waals surface area contributed by atoms with Crippen molar-refractivity contribution in [1.29, 1.82) is 0 Å². The van der Waals surface area contributed by atoms with Crippen LogP contribution in [0, 0.1) is 6.92 Å². The fourth-order valence-corrected chi connectivity index (χ4v) is 3.24. The molecule has 1 rings (SSSR count). The van der Waals surface area contributed by atoms with Crippen molar-refractivity contribution in [2.75, 3.05) is 0 Å². The van der Waals surface area contributed by atoms with Crippen molar-refractivity contribution < 1.29 is 8.42 Å². The van der Waals surface area contributed by atoms with Gasteiger partial charge in [0.25, 0.3) is 0 Å². The summed E-state index contributed by atoms with van der Waals surface area (Å²) in [6.45, 7) is 10.7. The smallest absolute Gasteiger partial charge is 0.199 e. The zero-order chi connectivity index (χ0) is 14.0. The molecule has 18 heavy (non-hydrogen) atoms. The number of allylic oxidation sites excluding steroid dienone is 1. The van der Waals surface area contributed by atoms with Crippen molar-refractivity contribution in [2.45, 2.75) is 43.9 Å². The summed E-state index contributed by atoms with van der Waals surface area (Å²) in [5.41, 5.74) is 1.41. The number of hydrogen-bond acceptors (Lipinski definition) is 2. The van der Waals surface area contributed by atoms with E-state index in [0.717, 1.165) is 5.56 Å². The summed E-state index contributed by atoms with van der Waals surface area (Å²) in [6, 6.07) is 6.97. The first-order chi connectivity index (χ1) is 8.13. The normalized spacial score (nSPS) is 14.9. The number of aryl methyl sites for hydroxylation is 1. The molecule has 2 nitrogen and oxygen atoms in total. The largest absolute Gasteiger partial charge is 0.219 e. The first kappa shape index (κ1) is 15.2. The fourth-order valence-electron chi connectivity index (χ4n) is 1.32. The molecular weight excluding hydrogens is 260 g/mol. The lowest BCUT2D eigenvalue weighted by Gasteiger charge is -2.21. The fraction of sp³-hybridized carbons (Fsp3) is 0.429. The van der Waals surface area contributed by atoms with Gasteiger partial charge in [-0.2, -0.15) is 0 Å². The second-order valence-corrected chi connectivity index (χ2v) is 13.3. The van der Waals surface area contributed by atoms with Crippen LogP contribution in [0.4, 0.5) is 0 Å². The van der Waals surface area contributed by atoms with E-state index in [2.05, 4.69) is 26.6 Å². The van der Waals surface area contributed by atoms with Gasteiger partial charge in [-0.1, -0.05) is 50.3 Å². The molecule has 1 unspecified atom stereocenters. The SMILES string of the molecule is Cc1ccc(S(=O)(=O)/C=C/C(C)[Si](C)(C)C)cc1. The molecule has 0 aliphatic rings. The first-order valence-electron chi connectivity index (χ1n) is 6.13. The molecule has 0 amide bonds. The minimum Gasteiger partial charge on any atom is -0.219 e. The molecule has 0 heterocycles. The van der Waals surface area contributed by atoms with Gasteiger partial charge in [-0.25, -0.2) is 8.42 Å². The van der Waals surface area contributed by atoms with Gasteiger partial charge in [-0.05, 0) is 24.6 Å². The quantitative estimate of drug-likeness (QED) is 0.782. The van der Waals surface area contributed by atoms with E-state index in [1.165, 1.54) is 5.41 Å². The van der Waals surface area contributed by atoms with Gasteiger partial charge in [-0.3, -0.25) is 0 Å². The molecule has 4 heteroatoms. The Hall–Kier alpha value is -0.873. The Balaban J connectivity index is 2.96. The van der Waals surface area contributed by atoms with Crippen LogP contribution in [-0.2, 0) is 9.84 Å². The molecule has 0 radical (unpaired) electrons. The van der Waals surface area contributed by atoms with Crippen LogP contribution in [0.3, 0.4) is 0 Å². The van der Waals surface area contributed by atoms with Gasteiger partial charge >= 0.3 is 0 Å². The highest BCUT2D eigenvalue weighted by Crippen LogP contribution is 2.23. The van der Waals surface area contributed by atoms with Crippen LogP contribution in [0.5, 0.6) is 0 Å². The predicted molar refractivity (Wildman–Crippen MR) is 80.3 cm³/mol. The maximum Gasteiger partial charge on any atom is 0.199 e. The third-order valence-corrected chi connectivity index (χ3v) is 7.63. The Morgan fingerprint density at radius 1 is 1.11 bits per heavy atom. The maximum absolute atomic E-state index is 12.1. The summed E-state index contributed by atoms with van der Waals surface area (Å²) in [5, 5.41) is 1.36. The standard InChI is InChI=1S/C14H22O2SSi/c1-12-6-8-14(9-7-12)17(15,16)11-10-13(2)18(3,4)5/h6-11,13H,1-5H3/b11-10+. The van der Waals surface area contributed by atoms with E-state index in [-0.39, 0.29) is 0 Å². The predicted octanol–water partition coefficient (Wildman–Crippen LogP) is 4.01. The van der Waals surface area contributed by atoms with Crippen LogP contribution in [0.15, 0.2) is 40.6 Å². The second kappa shape index (κ2) is 5.41. The van der Waals surface area contributed by atoms with Gasteiger partial charge < -0.3 is 0 Å². The lowest BCUT2D eigenvalue weighted by atomic mass is 10.2. The highest BCUT2D eigenvalue weighted by molar-refractivity contribution is 7.94. The number of benzene rings is 1. The van der Waals surface area contributed by atoms with Crippen molar-refractivity contribution in [3.8, 4) is 0 Å². The van der Waals surface area contributed by atoms with E-state index < -0.39 is 17.9 Å². The third kappa shape index (κ3) is 4.10. The van der Waals surface area contributed by atoms with Crippen molar-refractivity contribution in [2.24, 2.45) is 0 Å². The van der Waals surface area contributed by atoms with E-state index in [0.29, 0.717) is 10.4 Å². The van der Waals surface area contributed by atoms with Crippen LogP contribution >= 0.6 is 0 Å². The summed E-state index contributed by atoms with van der Waals surface area (Å²) in [7, 11) is -4.61. The van der Waals surface area contributed by atoms with Gasteiger partial charge in [0, 0.05) is 5.41 Å². The molecule has 1 aromatic carbocycles. The van der Waals surface area contributed by atoms with Crippen LogP contribution in [0.1, 0.15) is 12.5 Å². The molecule has 100 valence electrons. The van der Waals surface area contributed by atoms with Crippen LogP contribution in [-0.4, -0.2) is 16.5 Å². The van der Waals surface area contributed by atoms with Crippen LogP contribution < -0.4 is 0 Å². The van der Waals surface area contributed by atoms with E-state index in [4.69, 9.17) is 0 Å². The third-order valence-electron chi connectivity index (χ3n) is 3.26. The summed E-state index contributed by atoms with van der Waals surface area (Å²) in [4.78, 5) is 0.368. The van der Waals surface area contributed by atoms with Crippen molar-refractivity contribution in [3.63, 3.8) is 0 Å². The molecule has 0 bridgehead atoms. The summed E-state index contributed by atoms with van der Waals surface area (Å²) < 4.78 is 24.2. The Morgan fingerprint density at radius 3 is 2.06 bits per heavy atom. The highest BCUT2D eigenvalue weighted by atomic mass is 32.2. The number of rotatable bonds is 4. The van der Waals surface area contributed by atoms with Crippen molar-refractivity contribution in [3.05, 3.63) is 41.3 Å². The van der Waals surface area contributed by atoms with Gasteiger partial charge in [0.2, 0.25) is 0 Å². The Bertz CT molecular complexity index is 522. The van der Waals surface area contributed by atoms with E-state index in [9.17, 15) is 8.42 Å². The molecule has 0 aliphatic carbocycles. The molecule has 0 aliphatic heterocycles. The lowest BCUT2D eigenvalue weighted by molar-refractivity contribution is 0.604. The zero-order valence-electron chi connectivity index (χ0n) is 11.8. The van der Waals surface area contributed by atoms with Gasteiger partial charge in [0.05, 0.1) is 13.0 Å². The highest BCUT2D eigenvalue weighted by Gasteiger charge is 2.20. The average Bonchev–Trinajstić information content (AvgIpc) is 2.25. The average molecular weight is 282 g/mol. The molecular formula is C14H22O2SSi. The van der Waals surface area contributed by atoms with Gasteiger partial charge in [-0.15, -0.1) is 0 Å². The number of hydrogen-bond donors (Lipinski definition) is 0. The van der Waals surface area contributed by atoms with Crippen molar-refractivity contribution >= 4 is 17.9 Å². The Morgan fingerprint density at radius 2 is 1.61 bits per heavy atom. The molecule has 0 spiro atoms. The molecule has 0 saturated carbocycles. The Kier molecular flexibility index (Phi) is 4.56. The lowest BCUT2D eigenvalue weighted by Crippen LogP contribution is -2.24. The molecule has 0 fully saturated rings. The molecule has 0 N–H and O–H groups in total. The number of sulfone groups is 1. The summed E-state index contributed by atoms with van der Waals surface area (Å²) in [6.07, 6.45) is 1.83. The molecule has 1 atom stereocenters. The topological polar surface area (TPSA) is 34.1 Å².